The van der Waals surface area contributed by atoms with Gasteiger partial charge in [0.15, 0.2) is 0 Å². The minimum Gasteiger partial charge on any atom is -0.350 e. The summed E-state index contributed by atoms with van der Waals surface area (Å²) in [6.07, 6.45) is 4.41. The third-order valence-corrected chi connectivity index (χ3v) is 4.18. The van der Waals surface area contributed by atoms with E-state index in [0.717, 1.165) is 17.8 Å². The molecule has 0 saturated heterocycles. The normalized spacial score (nSPS) is 10.9. The van der Waals surface area contributed by atoms with Crippen LogP contribution < -0.4 is 5.32 Å². The molecule has 0 aliphatic carbocycles. The summed E-state index contributed by atoms with van der Waals surface area (Å²) in [6, 6.07) is 21.8. The third kappa shape index (κ3) is 3.04. The topological polar surface area (TPSA) is 51.3 Å². The molecule has 5 heteroatoms. The molecule has 1 aromatic carbocycles. The van der Waals surface area contributed by atoms with Crippen molar-refractivity contribution in [2.45, 2.75) is 6.42 Å². The fraction of sp³-hybridized carbons (Fsp3) is 0.100. The number of hydrogen-bond acceptors (Lipinski definition) is 2. The van der Waals surface area contributed by atoms with Crippen molar-refractivity contribution in [3.8, 4) is 5.82 Å². The highest BCUT2D eigenvalue weighted by Crippen LogP contribution is 2.15. The predicted molar refractivity (Wildman–Crippen MR) is 97.0 cm³/mol. The molecule has 0 fully saturated rings. The first-order valence-corrected chi connectivity index (χ1v) is 8.25. The van der Waals surface area contributed by atoms with Crippen molar-refractivity contribution in [1.82, 2.24) is 19.5 Å². The number of aromatic nitrogens is 3. The second-order valence-corrected chi connectivity index (χ2v) is 5.81. The van der Waals surface area contributed by atoms with Crippen LogP contribution in [-0.4, -0.2) is 26.6 Å². The van der Waals surface area contributed by atoms with E-state index < -0.39 is 0 Å². The zero-order valence-corrected chi connectivity index (χ0v) is 13.7. The van der Waals surface area contributed by atoms with Gasteiger partial charge in [0.05, 0.1) is 6.20 Å². The Morgan fingerprint density at radius 3 is 2.68 bits per heavy atom. The molecule has 0 unspecified atom stereocenters. The fourth-order valence-corrected chi connectivity index (χ4v) is 2.93. The highest BCUT2D eigenvalue weighted by atomic mass is 16.2. The fourth-order valence-electron chi connectivity index (χ4n) is 2.93. The van der Waals surface area contributed by atoms with Crippen LogP contribution >= 0.6 is 0 Å². The number of hydrogen-bond donors (Lipinski definition) is 1. The number of rotatable bonds is 5. The molecule has 0 atom stereocenters. The van der Waals surface area contributed by atoms with Crippen molar-refractivity contribution in [2.75, 3.05) is 6.54 Å². The molecule has 25 heavy (non-hydrogen) atoms. The first-order valence-electron chi connectivity index (χ1n) is 8.25. The van der Waals surface area contributed by atoms with Crippen LogP contribution in [0, 0.1) is 0 Å². The molecule has 3 aromatic heterocycles. The quantitative estimate of drug-likeness (QED) is 0.611. The molecule has 0 radical (unpaired) electrons. The van der Waals surface area contributed by atoms with Crippen molar-refractivity contribution in [1.29, 1.82) is 0 Å². The van der Waals surface area contributed by atoms with E-state index in [2.05, 4.69) is 22.5 Å². The van der Waals surface area contributed by atoms with Crippen molar-refractivity contribution in [3.05, 3.63) is 90.4 Å². The van der Waals surface area contributed by atoms with Crippen molar-refractivity contribution in [2.24, 2.45) is 0 Å². The maximum atomic E-state index is 12.6. The minimum absolute atomic E-state index is 0.126. The van der Waals surface area contributed by atoms with E-state index in [9.17, 15) is 4.79 Å². The summed E-state index contributed by atoms with van der Waals surface area (Å²) in [6.45, 7) is 0.586. The molecular weight excluding hydrogens is 312 g/mol. The lowest BCUT2D eigenvalue weighted by atomic mass is 10.1. The molecule has 3 heterocycles. The van der Waals surface area contributed by atoms with Gasteiger partial charge in [-0.3, -0.25) is 4.79 Å². The monoisotopic (exact) mass is 330 g/mol. The second kappa shape index (κ2) is 6.65. The summed E-state index contributed by atoms with van der Waals surface area (Å²) in [5.41, 5.74) is 2.79. The summed E-state index contributed by atoms with van der Waals surface area (Å²) in [4.78, 5) is 12.6. The van der Waals surface area contributed by atoms with Crippen molar-refractivity contribution < 1.29 is 4.79 Å². The van der Waals surface area contributed by atoms with Gasteiger partial charge in [0, 0.05) is 18.3 Å². The van der Waals surface area contributed by atoms with Gasteiger partial charge >= 0.3 is 0 Å². The van der Waals surface area contributed by atoms with Crippen LogP contribution in [0.1, 0.15) is 16.1 Å². The SMILES string of the molecule is O=C(NCCc1ccccc1)c1ccnn1-c1ccc2ccccn12. The maximum Gasteiger partial charge on any atom is 0.270 e. The number of benzene rings is 1. The van der Waals surface area contributed by atoms with Crippen LogP contribution in [0.3, 0.4) is 0 Å². The molecule has 5 nitrogen and oxygen atoms in total. The number of nitrogens with one attached hydrogen (secondary N) is 1. The van der Waals surface area contributed by atoms with E-state index in [1.165, 1.54) is 5.56 Å². The summed E-state index contributed by atoms with van der Waals surface area (Å²) in [5, 5.41) is 7.31. The molecule has 0 saturated carbocycles. The standard InChI is InChI=1S/C20H18N4O/c25-20(21-13-11-16-6-2-1-3-7-16)18-12-14-22-24(18)19-10-9-17-8-4-5-15-23(17)19/h1-10,12,14-15H,11,13H2,(H,21,25). The lowest BCUT2D eigenvalue weighted by molar-refractivity contribution is 0.0946. The number of carbonyl (C=O) groups excluding carboxylic acids is 1. The lowest BCUT2D eigenvalue weighted by Crippen LogP contribution is -2.28. The molecule has 0 aliphatic rings. The first kappa shape index (κ1) is 15.2. The first-order chi connectivity index (χ1) is 12.3. The molecule has 0 bridgehead atoms. The summed E-state index contributed by atoms with van der Waals surface area (Å²) in [7, 11) is 0. The number of nitrogens with zero attached hydrogens (tertiary/aromatic N) is 3. The number of amides is 1. The van der Waals surface area contributed by atoms with Gasteiger partial charge in [-0.2, -0.15) is 5.10 Å². The van der Waals surface area contributed by atoms with E-state index in [0.29, 0.717) is 12.2 Å². The highest BCUT2D eigenvalue weighted by molar-refractivity contribution is 5.93. The van der Waals surface area contributed by atoms with Gasteiger partial charge in [-0.15, -0.1) is 0 Å². The maximum absolute atomic E-state index is 12.6. The van der Waals surface area contributed by atoms with Crippen LogP contribution in [0.25, 0.3) is 11.3 Å². The van der Waals surface area contributed by atoms with Crippen LogP contribution in [0.2, 0.25) is 0 Å². The Morgan fingerprint density at radius 1 is 0.960 bits per heavy atom. The molecule has 124 valence electrons. The molecule has 4 rings (SSSR count). The highest BCUT2D eigenvalue weighted by Gasteiger charge is 2.15. The third-order valence-electron chi connectivity index (χ3n) is 4.18. The number of fused-ring (bicyclic) bond motifs is 1. The Kier molecular flexibility index (Phi) is 4.04. The van der Waals surface area contributed by atoms with Crippen molar-refractivity contribution in [3.63, 3.8) is 0 Å². The van der Waals surface area contributed by atoms with Gasteiger partial charge in [-0.05, 0) is 42.3 Å². The van der Waals surface area contributed by atoms with Crippen LogP contribution in [0.5, 0.6) is 0 Å². The van der Waals surface area contributed by atoms with Gasteiger partial charge in [0.1, 0.15) is 11.5 Å². The van der Waals surface area contributed by atoms with E-state index in [-0.39, 0.29) is 5.91 Å². The average molecular weight is 330 g/mol. The Bertz CT molecular complexity index is 1000. The Labute approximate surface area is 145 Å². The van der Waals surface area contributed by atoms with E-state index >= 15 is 0 Å². The Hall–Kier alpha value is -3.34. The van der Waals surface area contributed by atoms with Gasteiger partial charge in [-0.1, -0.05) is 36.4 Å². The largest absolute Gasteiger partial charge is 0.350 e. The number of pyridine rings is 1. The Morgan fingerprint density at radius 2 is 1.80 bits per heavy atom. The summed E-state index contributed by atoms with van der Waals surface area (Å²) >= 11 is 0. The van der Waals surface area contributed by atoms with Gasteiger partial charge in [0.25, 0.3) is 5.91 Å². The smallest absolute Gasteiger partial charge is 0.270 e. The minimum atomic E-state index is -0.126. The van der Waals surface area contributed by atoms with Crippen molar-refractivity contribution >= 4 is 11.4 Å². The molecule has 1 N–H and O–H groups in total. The molecule has 4 aromatic rings. The van der Waals surface area contributed by atoms with E-state index in [4.69, 9.17) is 0 Å². The van der Waals surface area contributed by atoms with Gasteiger partial charge < -0.3 is 9.72 Å². The number of carbonyl (C=O) groups is 1. The molecular formula is C20H18N4O. The average Bonchev–Trinajstić information content (AvgIpc) is 3.29. The second-order valence-electron chi connectivity index (χ2n) is 5.81. The Balaban J connectivity index is 1.52. The predicted octanol–water partition coefficient (Wildman–Crippen LogP) is 3.10. The molecule has 1 amide bonds. The summed E-state index contributed by atoms with van der Waals surface area (Å²) in [5.74, 6) is 0.716. The zero-order chi connectivity index (χ0) is 17.1. The van der Waals surface area contributed by atoms with E-state index in [1.807, 2.05) is 59.1 Å². The molecule has 0 spiro atoms. The molecule has 0 aliphatic heterocycles. The zero-order valence-electron chi connectivity index (χ0n) is 13.7. The summed E-state index contributed by atoms with van der Waals surface area (Å²) < 4.78 is 3.68. The van der Waals surface area contributed by atoms with Crippen LogP contribution in [0.4, 0.5) is 0 Å². The van der Waals surface area contributed by atoms with Gasteiger partial charge in [0.2, 0.25) is 0 Å². The van der Waals surface area contributed by atoms with Crippen LogP contribution in [-0.2, 0) is 6.42 Å². The van der Waals surface area contributed by atoms with Gasteiger partial charge in [-0.25, -0.2) is 4.68 Å². The van der Waals surface area contributed by atoms with Crippen LogP contribution in [0.15, 0.2) is 79.1 Å². The lowest BCUT2D eigenvalue weighted by Gasteiger charge is -2.09. The van der Waals surface area contributed by atoms with E-state index in [1.54, 1.807) is 16.9 Å².